The first-order chi connectivity index (χ1) is 20.0. The summed E-state index contributed by atoms with van der Waals surface area (Å²) in [6.07, 6.45) is 5.59. The number of cyclic esters (lactones) is 1. The average molecular weight is 662 g/mol. The van der Waals surface area contributed by atoms with Crippen LogP contribution in [0.25, 0.3) is 0 Å². The van der Waals surface area contributed by atoms with Crippen LogP contribution in [-0.2, 0) is 38.0 Å². The molecule has 0 aromatic heterocycles. The molecule has 2 fully saturated rings. The summed E-state index contributed by atoms with van der Waals surface area (Å²) in [4.78, 5) is 15.2. The van der Waals surface area contributed by atoms with Crippen molar-refractivity contribution < 1.29 is 48.2 Å². The summed E-state index contributed by atoms with van der Waals surface area (Å²) in [6.45, 7) is 7.38. The molecule has 3 aliphatic rings. The van der Waals surface area contributed by atoms with Crippen molar-refractivity contribution in [2.45, 2.75) is 114 Å². The lowest BCUT2D eigenvalue weighted by molar-refractivity contribution is -0.348. The Hall–Kier alpha value is -1.15. The summed E-state index contributed by atoms with van der Waals surface area (Å²) >= 11 is 3.24. The third kappa shape index (κ3) is 8.73. The van der Waals surface area contributed by atoms with E-state index in [2.05, 4.69) is 15.9 Å². The molecular formula is C31H49BrO10. The Morgan fingerprint density at radius 2 is 1.71 bits per heavy atom. The zero-order chi connectivity index (χ0) is 31.0. The van der Waals surface area contributed by atoms with Gasteiger partial charge in [-0.3, -0.25) is 4.79 Å². The minimum absolute atomic E-state index is 0.0122. The average Bonchev–Trinajstić information content (AvgIpc) is 2.95. The Bertz CT molecular complexity index is 943. The molecule has 0 spiro atoms. The first kappa shape index (κ1) is 35.3. The van der Waals surface area contributed by atoms with E-state index in [-0.39, 0.29) is 30.5 Å². The maximum atomic E-state index is 13.5. The van der Waals surface area contributed by atoms with Gasteiger partial charge in [0.15, 0.2) is 12.1 Å². The van der Waals surface area contributed by atoms with Crippen molar-refractivity contribution in [2.24, 2.45) is 17.8 Å². The summed E-state index contributed by atoms with van der Waals surface area (Å²) in [7, 11) is 4.73. The van der Waals surface area contributed by atoms with E-state index in [1.54, 1.807) is 45.4 Å². The van der Waals surface area contributed by atoms with Crippen molar-refractivity contribution in [2.75, 3.05) is 21.3 Å². The fourth-order valence-electron chi connectivity index (χ4n) is 6.03. The number of aliphatic hydroxyl groups is 2. The Morgan fingerprint density at radius 1 is 1.02 bits per heavy atom. The number of fused-ring (bicyclic) bond motifs is 2. The van der Waals surface area contributed by atoms with Gasteiger partial charge in [0.25, 0.3) is 0 Å². The van der Waals surface area contributed by atoms with Gasteiger partial charge in [-0.15, -0.1) is 0 Å². The van der Waals surface area contributed by atoms with E-state index < -0.39 is 60.6 Å². The number of esters is 1. The van der Waals surface area contributed by atoms with Crippen LogP contribution in [-0.4, -0.2) is 98.4 Å². The molecule has 11 heteroatoms. The molecule has 3 aliphatic heterocycles. The predicted molar refractivity (Wildman–Crippen MR) is 160 cm³/mol. The van der Waals surface area contributed by atoms with Gasteiger partial charge in [0, 0.05) is 40.1 Å². The van der Waals surface area contributed by atoms with E-state index in [9.17, 15) is 15.0 Å². The maximum Gasteiger partial charge on any atom is 0.314 e. The third-order valence-corrected chi connectivity index (χ3v) is 8.99. The molecule has 10 nitrogen and oxygen atoms in total. The molecule has 6 unspecified atom stereocenters. The van der Waals surface area contributed by atoms with E-state index in [0.29, 0.717) is 19.3 Å². The Kier molecular flexibility index (Phi) is 13.7. The lowest BCUT2D eigenvalue weighted by atomic mass is 9.83. The highest BCUT2D eigenvalue weighted by Gasteiger charge is 2.52. The SMILES string of the molecule is CO[C@H]1[C@H](OC)[C@@H](C)OC(O[C@H]2C[C@@H]3O[C@](O)(C2)C(C)C(=O)OC(/C=C/C=C/Br)CC(C)/C=C\CC(O)C3C)[C@H]1OC. The second-order valence-corrected chi connectivity index (χ2v) is 12.2. The van der Waals surface area contributed by atoms with E-state index in [1.807, 2.05) is 39.0 Å². The van der Waals surface area contributed by atoms with E-state index >= 15 is 0 Å². The highest BCUT2D eigenvalue weighted by atomic mass is 79.9. The number of aliphatic hydroxyl groups excluding tert-OH is 1. The van der Waals surface area contributed by atoms with Crippen molar-refractivity contribution in [1.82, 2.24) is 0 Å². The summed E-state index contributed by atoms with van der Waals surface area (Å²) < 4.78 is 41.9. The topological polar surface area (TPSA) is 122 Å². The van der Waals surface area contributed by atoms with Gasteiger partial charge >= 0.3 is 5.97 Å². The minimum Gasteiger partial charge on any atom is -0.458 e. The van der Waals surface area contributed by atoms with Gasteiger partial charge in [-0.2, -0.15) is 0 Å². The monoisotopic (exact) mass is 660 g/mol. The van der Waals surface area contributed by atoms with Crippen LogP contribution < -0.4 is 0 Å². The molecule has 2 bridgehead atoms. The van der Waals surface area contributed by atoms with Gasteiger partial charge in [0.05, 0.1) is 24.4 Å². The number of allylic oxidation sites excluding steroid dienone is 3. The van der Waals surface area contributed by atoms with Gasteiger partial charge in [-0.05, 0) is 43.7 Å². The number of hydrogen-bond acceptors (Lipinski definition) is 10. The minimum atomic E-state index is -1.91. The number of methoxy groups -OCH3 is 3. The molecule has 3 rings (SSSR count). The first-order valence-corrected chi connectivity index (χ1v) is 15.7. The summed E-state index contributed by atoms with van der Waals surface area (Å²) in [5.41, 5.74) is 0. The van der Waals surface area contributed by atoms with Gasteiger partial charge in [-0.25, -0.2) is 0 Å². The number of carbonyl (C=O) groups excluding carboxylic acids is 1. The van der Waals surface area contributed by atoms with Crippen LogP contribution >= 0.6 is 15.9 Å². The number of ether oxygens (including phenoxy) is 7. The molecular weight excluding hydrogens is 612 g/mol. The number of halogens is 1. The van der Waals surface area contributed by atoms with Gasteiger partial charge in [0.2, 0.25) is 0 Å². The fraction of sp³-hybridized carbons (Fsp3) is 0.774. The highest BCUT2D eigenvalue weighted by molar-refractivity contribution is 9.11. The Labute approximate surface area is 258 Å². The standard InChI is InChI=1S/C31H49BrO10/c1-18-11-10-13-24(33)19(2)25-16-23(41-30-28(38-7)27(37-6)26(36-5)21(4)39-30)17-31(35,42-25)20(3)29(34)40-22(15-18)12-8-9-14-32/h8-12,14,18-28,30,33,35H,13,15-17H2,1-7H3/b11-10-,12-8+,14-9+/t18?,19?,20?,21-,22?,23+,24?,25+,26-,27+,28+,30?,31-/m1/s1. The summed E-state index contributed by atoms with van der Waals surface area (Å²) in [5, 5.41) is 23.0. The van der Waals surface area contributed by atoms with Gasteiger partial charge in [-0.1, -0.05) is 54.1 Å². The van der Waals surface area contributed by atoms with Crippen molar-refractivity contribution in [3.63, 3.8) is 0 Å². The van der Waals surface area contributed by atoms with Gasteiger partial charge < -0.3 is 43.4 Å². The Morgan fingerprint density at radius 3 is 2.36 bits per heavy atom. The van der Waals surface area contributed by atoms with Crippen molar-refractivity contribution in [3.05, 3.63) is 35.4 Å². The van der Waals surface area contributed by atoms with Crippen LogP contribution in [0, 0.1) is 17.8 Å². The second kappa shape index (κ2) is 16.2. The van der Waals surface area contributed by atoms with Crippen LogP contribution in [0.15, 0.2) is 35.4 Å². The molecule has 0 radical (unpaired) electrons. The van der Waals surface area contributed by atoms with Crippen LogP contribution in [0.4, 0.5) is 0 Å². The van der Waals surface area contributed by atoms with Crippen LogP contribution in [0.3, 0.4) is 0 Å². The summed E-state index contributed by atoms with van der Waals surface area (Å²) in [5.74, 6) is -3.81. The molecule has 42 heavy (non-hydrogen) atoms. The van der Waals surface area contributed by atoms with Gasteiger partial charge in [0.1, 0.15) is 30.3 Å². The summed E-state index contributed by atoms with van der Waals surface area (Å²) in [6, 6.07) is 0. The molecule has 0 saturated carbocycles. The lowest BCUT2D eigenvalue weighted by Crippen LogP contribution is -2.61. The second-order valence-electron chi connectivity index (χ2n) is 11.7. The number of rotatable bonds is 7. The maximum absolute atomic E-state index is 13.5. The molecule has 240 valence electrons. The number of hydrogen-bond donors (Lipinski definition) is 2. The number of carbonyl (C=O) groups is 1. The molecule has 13 atom stereocenters. The molecule has 0 aromatic carbocycles. The molecule has 0 aliphatic carbocycles. The molecule has 2 saturated heterocycles. The van der Waals surface area contributed by atoms with Crippen LogP contribution in [0.5, 0.6) is 0 Å². The van der Waals surface area contributed by atoms with E-state index in [1.165, 1.54) is 0 Å². The first-order valence-electron chi connectivity index (χ1n) is 14.8. The zero-order valence-corrected chi connectivity index (χ0v) is 27.3. The molecule has 3 heterocycles. The van der Waals surface area contributed by atoms with Crippen LogP contribution in [0.2, 0.25) is 0 Å². The molecule has 0 aromatic rings. The molecule has 2 N–H and O–H groups in total. The van der Waals surface area contributed by atoms with Crippen LogP contribution in [0.1, 0.15) is 53.4 Å². The normalized spacial score (nSPS) is 45.0. The zero-order valence-electron chi connectivity index (χ0n) is 25.8. The highest BCUT2D eigenvalue weighted by Crippen LogP contribution is 2.40. The fourth-order valence-corrected chi connectivity index (χ4v) is 6.21. The van der Waals surface area contributed by atoms with Crippen molar-refractivity contribution in [3.8, 4) is 0 Å². The smallest absolute Gasteiger partial charge is 0.314 e. The Balaban J connectivity index is 1.92. The van der Waals surface area contributed by atoms with E-state index in [4.69, 9.17) is 33.2 Å². The van der Waals surface area contributed by atoms with Crippen molar-refractivity contribution >= 4 is 21.9 Å². The largest absolute Gasteiger partial charge is 0.458 e. The third-order valence-electron chi connectivity index (χ3n) is 8.69. The van der Waals surface area contributed by atoms with E-state index in [0.717, 1.165) is 0 Å². The predicted octanol–water partition coefficient (Wildman–Crippen LogP) is 4.02. The quantitative estimate of drug-likeness (QED) is 0.235. The lowest BCUT2D eigenvalue weighted by Gasteiger charge is -2.48. The van der Waals surface area contributed by atoms with Crippen molar-refractivity contribution in [1.29, 1.82) is 0 Å². The molecule has 0 amide bonds.